The Morgan fingerprint density at radius 3 is 3.18 bits per heavy atom. The summed E-state index contributed by atoms with van der Waals surface area (Å²) in [4.78, 5) is 6.87. The number of ether oxygens (including phenoxy) is 1. The topological polar surface area (TPSA) is 37.4 Å². The molecule has 0 radical (unpaired) electrons. The van der Waals surface area contributed by atoms with E-state index in [4.69, 9.17) is 4.74 Å². The van der Waals surface area contributed by atoms with Gasteiger partial charge in [0.15, 0.2) is 0 Å². The van der Waals surface area contributed by atoms with Gasteiger partial charge < -0.3 is 10.1 Å². The maximum atomic E-state index is 5.69. The van der Waals surface area contributed by atoms with E-state index in [0.29, 0.717) is 6.10 Å². The zero-order valence-corrected chi connectivity index (χ0v) is 11.4. The second-order valence-corrected chi connectivity index (χ2v) is 5.42. The van der Waals surface area contributed by atoms with Gasteiger partial charge in [0.25, 0.3) is 0 Å². The average molecular weight is 255 g/mol. The first-order valence-corrected chi connectivity index (χ1v) is 7.10. The van der Waals surface area contributed by atoms with E-state index in [-0.39, 0.29) is 0 Å². The van der Waals surface area contributed by atoms with Crippen LogP contribution in [0.4, 0.5) is 0 Å². The predicted octanol–water partition coefficient (Wildman–Crippen LogP) is 1.13. The summed E-state index contributed by atoms with van der Waals surface area (Å²) >= 11 is 1.76. The fourth-order valence-electron chi connectivity index (χ4n) is 2.01. The number of hydrogen-bond acceptors (Lipinski definition) is 5. The van der Waals surface area contributed by atoms with E-state index in [1.54, 1.807) is 11.3 Å². The van der Waals surface area contributed by atoms with Crippen molar-refractivity contribution < 1.29 is 4.74 Å². The molecule has 4 nitrogen and oxygen atoms in total. The molecule has 1 fully saturated rings. The minimum absolute atomic E-state index is 0.318. The van der Waals surface area contributed by atoms with Gasteiger partial charge in [0.2, 0.25) is 0 Å². The summed E-state index contributed by atoms with van der Waals surface area (Å²) < 4.78 is 5.69. The van der Waals surface area contributed by atoms with Gasteiger partial charge in [-0.3, -0.25) is 4.90 Å². The van der Waals surface area contributed by atoms with Gasteiger partial charge in [0.1, 0.15) is 0 Å². The molecule has 1 aromatic heterocycles. The summed E-state index contributed by atoms with van der Waals surface area (Å²) in [5.41, 5.74) is 1.18. The molecule has 1 saturated heterocycles. The third-order valence-electron chi connectivity index (χ3n) is 2.85. The smallest absolute Gasteiger partial charge is 0.0926 e. The van der Waals surface area contributed by atoms with Crippen molar-refractivity contribution in [3.63, 3.8) is 0 Å². The van der Waals surface area contributed by atoms with E-state index in [9.17, 15) is 0 Å². The summed E-state index contributed by atoms with van der Waals surface area (Å²) in [7, 11) is 2.13. The van der Waals surface area contributed by atoms with Crippen molar-refractivity contribution in [3.05, 3.63) is 16.1 Å². The number of hydrogen-bond donors (Lipinski definition) is 1. The number of likely N-dealkylation sites (N-methyl/N-ethyl adjacent to an activating group) is 1. The third kappa shape index (κ3) is 4.03. The number of thiazole rings is 1. The zero-order valence-electron chi connectivity index (χ0n) is 10.6. The standard InChI is InChI=1S/C12H21N3OS/c1-3-12-14-10(9-17-12)7-15(2)8-11-6-13-4-5-16-11/h9,11,13H,3-8H2,1-2H3. The largest absolute Gasteiger partial charge is 0.374 e. The lowest BCUT2D eigenvalue weighted by Crippen LogP contribution is -2.44. The maximum Gasteiger partial charge on any atom is 0.0926 e. The molecular formula is C12H21N3OS. The molecule has 0 aliphatic carbocycles. The number of rotatable bonds is 5. The summed E-state index contributed by atoms with van der Waals surface area (Å²) in [6.07, 6.45) is 1.35. The van der Waals surface area contributed by atoms with E-state index < -0.39 is 0 Å². The molecule has 96 valence electrons. The minimum Gasteiger partial charge on any atom is -0.374 e. The molecular weight excluding hydrogens is 234 g/mol. The molecule has 0 spiro atoms. The first kappa shape index (κ1) is 13.0. The van der Waals surface area contributed by atoms with Crippen LogP contribution in [-0.2, 0) is 17.7 Å². The molecule has 1 unspecified atom stereocenters. The van der Waals surface area contributed by atoms with Crippen molar-refractivity contribution >= 4 is 11.3 Å². The molecule has 0 saturated carbocycles. The number of aryl methyl sites for hydroxylation is 1. The first-order chi connectivity index (χ1) is 8.28. The van der Waals surface area contributed by atoms with Crippen LogP contribution in [0.3, 0.4) is 0 Å². The Balaban J connectivity index is 1.77. The molecule has 1 aromatic rings. The lowest BCUT2D eigenvalue weighted by atomic mass is 10.3. The van der Waals surface area contributed by atoms with Crippen LogP contribution in [0.1, 0.15) is 17.6 Å². The Bertz CT molecular complexity index is 336. The van der Waals surface area contributed by atoms with Crippen LogP contribution in [0.15, 0.2) is 5.38 Å². The SMILES string of the molecule is CCc1nc(CN(C)CC2CNCCO2)cs1. The van der Waals surface area contributed by atoms with Crippen LogP contribution in [0.2, 0.25) is 0 Å². The van der Waals surface area contributed by atoms with E-state index in [1.807, 2.05) is 0 Å². The molecule has 1 aliphatic rings. The quantitative estimate of drug-likeness (QED) is 0.856. The third-order valence-corrected chi connectivity index (χ3v) is 3.90. The van der Waals surface area contributed by atoms with Gasteiger partial charge in [-0.2, -0.15) is 0 Å². The number of nitrogens with one attached hydrogen (secondary N) is 1. The molecule has 0 amide bonds. The highest BCUT2D eigenvalue weighted by Crippen LogP contribution is 2.12. The van der Waals surface area contributed by atoms with Crippen LogP contribution in [0.5, 0.6) is 0 Å². The Kier molecular flexibility index (Phi) is 4.91. The average Bonchev–Trinajstić information content (AvgIpc) is 2.78. The molecule has 2 rings (SSSR count). The van der Waals surface area contributed by atoms with Crippen LogP contribution < -0.4 is 5.32 Å². The highest BCUT2D eigenvalue weighted by Gasteiger charge is 2.15. The molecule has 5 heteroatoms. The number of morpholine rings is 1. The van der Waals surface area contributed by atoms with Crippen molar-refractivity contribution in [3.8, 4) is 0 Å². The van der Waals surface area contributed by atoms with Crippen molar-refractivity contribution in [2.45, 2.75) is 26.0 Å². The Morgan fingerprint density at radius 2 is 2.53 bits per heavy atom. The first-order valence-electron chi connectivity index (χ1n) is 6.22. The highest BCUT2D eigenvalue weighted by atomic mass is 32.1. The number of aromatic nitrogens is 1. The van der Waals surface area contributed by atoms with Gasteiger partial charge in [-0.15, -0.1) is 11.3 Å². The Hall–Kier alpha value is -0.490. The molecule has 0 aromatic carbocycles. The summed E-state index contributed by atoms with van der Waals surface area (Å²) in [6, 6.07) is 0. The predicted molar refractivity (Wildman–Crippen MR) is 70.4 cm³/mol. The lowest BCUT2D eigenvalue weighted by Gasteiger charge is -2.27. The molecule has 0 bridgehead atoms. The Labute approximate surface area is 107 Å². The van der Waals surface area contributed by atoms with Crippen LogP contribution in [0, 0.1) is 0 Å². The second-order valence-electron chi connectivity index (χ2n) is 4.48. The van der Waals surface area contributed by atoms with Crippen molar-refractivity contribution in [2.75, 3.05) is 33.3 Å². The van der Waals surface area contributed by atoms with Crippen LogP contribution in [-0.4, -0.2) is 49.3 Å². The van der Waals surface area contributed by atoms with E-state index >= 15 is 0 Å². The van der Waals surface area contributed by atoms with Gasteiger partial charge in [-0.05, 0) is 13.5 Å². The van der Waals surface area contributed by atoms with Gasteiger partial charge in [0.05, 0.1) is 23.4 Å². The van der Waals surface area contributed by atoms with Crippen molar-refractivity contribution in [1.29, 1.82) is 0 Å². The van der Waals surface area contributed by atoms with Gasteiger partial charge in [0, 0.05) is 31.6 Å². The van der Waals surface area contributed by atoms with Gasteiger partial charge >= 0.3 is 0 Å². The lowest BCUT2D eigenvalue weighted by molar-refractivity contribution is 0.00870. The van der Waals surface area contributed by atoms with Crippen molar-refractivity contribution in [1.82, 2.24) is 15.2 Å². The summed E-state index contributed by atoms with van der Waals surface area (Å²) in [5, 5.41) is 6.74. The number of nitrogens with zero attached hydrogens (tertiary/aromatic N) is 2. The fourth-order valence-corrected chi connectivity index (χ4v) is 2.75. The monoisotopic (exact) mass is 255 g/mol. The van der Waals surface area contributed by atoms with Gasteiger partial charge in [-0.25, -0.2) is 4.98 Å². The Morgan fingerprint density at radius 1 is 1.65 bits per heavy atom. The normalized spacial score (nSPS) is 21.0. The van der Waals surface area contributed by atoms with E-state index in [2.05, 4.69) is 34.6 Å². The zero-order chi connectivity index (χ0) is 12.1. The summed E-state index contributed by atoms with van der Waals surface area (Å²) in [6.45, 7) is 6.79. The fraction of sp³-hybridized carbons (Fsp3) is 0.750. The molecule has 1 atom stereocenters. The minimum atomic E-state index is 0.318. The molecule has 2 heterocycles. The van der Waals surface area contributed by atoms with Crippen LogP contribution >= 0.6 is 11.3 Å². The maximum absolute atomic E-state index is 5.69. The second kappa shape index (κ2) is 6.44. The van der Waals surface area contributed by atoms with Gasteiger partial charge in [-0.1, -0.05) is 6.92 Å². The van der Waals surface area contributed by atoms with Crippen LogP contribution in [0.25, 0.3) is 0 Å². The molecule has 1 aliphatic heterocycles. The molecule has 1 N–H and O–H groups in total. The van der Waals surface area contributed by atoms with Crippen molar-refractivity contribution in [2.24, 2.45) is 0 Å². The van der Waals surface area contributed by atoms with E-state index in [1.165, 1.54) is 10.7 Å². The highest BCUT2D eigenvalue weighted by molar-refractivity contribution is 7.09. The molecule has 17 heavy (non-hydrogen) atoms. The van der Waals surface area contributed by atoms with E-state index in [0.717, 1.165) is 39.2 Å². The summed E-state index contributed by atoms with van der Waals surface area (Å²) in [5.74, 6) is 0.